The van der Waals surface area contributed by atoms with Gasteiger partial charge in [-0.25, -0.2) is 13.2 Å². The van der Waals surface area contributed by atoms with E-state index in [0.29, 0.717) is 37.6 Å². The smallest absolute Gasteiger partial charge is 0.257 e. The standard InChI is InChI=1S/C23H22F3N3O2/c24-16-5-1-2-8-19(16)28-10-12-29(13-11-28)20(21-9-4-14-31-21)15-27-23(30)22-17(25)6-3-7-18(22)26/h1-9,14,20H,10-13,15H2,(H,27,30). The quantitative estimate of drug-likeness (QED) is 0.644. The number of hydrogen-bond donors (Lipinski definition) is 1. The average Bonchev–Trinajstić information content (AvgIpc) is 3.29. The Morgan fingerprint density at radius 3 is 2.23 bits per heavy atom. The predicted octanol–water partition coefficient (Wildman–Crippen LogP) is 3.99. The summed E-state index contributed by atoms with van der Waals surface area (Å²) in [5.41, 5.74) is -0.0508. The molecule has 1 amide bonds. The summed E-state index contributed by atoms with van der Waals surface area (Å²) in [6, 6.07) is 13.2. The summed E-state index contributed by atoms with van der Waals surface area (Å²) in [6.07, 6.45) is 1.54. The van der Waals surface area contributed by atoms with Crippen LogP contribution in [0.5, 0.6) is 0 Å². The van der Waals surface area contributed by atoms with Crippen molar-refractivity contribution in [2.24, 2.45) is 0 Å². The molecule has 31 heavy (non-hydrogen) atoms. The molecule has 1 saturated heterocycles. The minimum absolute atomic E-state index is 0.111. The fourth-order valence-corrected chi connectivity index (χ4v) is 3.87. The first kappa shape index (κ1) is 21.0. The first-order chi connectivity index (χ1) is 15.0. The van der Waals surface area contributed by atoms with E-state index in [4.69, 9.17) is 4.42 Å². The molecule has 1 atom stereocenters. The summed E-state index contributed by atoms with van der Waals surface area (Å²) in [5.74, 6) is -2.28. The highest BCUT2D eigenvalue weighted by Crippen LogP contribution is 2.26. The molecule has 2 heterocycles. The Kier molecular flexibility index (Phi) is 6.27. The summed E-state index contributed by atoms with van der Waals surface area (Å²) in [7, 11) is 0. The number of rotatable bonds is 6. The molecule has 0 saturated carbocycles. The molecule has 0 bridgehead atoms. The molecule has 1 unspecified atom stereocenters. The molecule has 0 radical (unpaired) electrons. The van der Waals surface area contributed by atoms with Crippen molar-refractivity contribution in [3.63, 3.8) is 0 Å². The average molecular weight is 429 g/mol. The van der Waals surface area contributed by atoms with E-state index in [-0.39, 0.29) is 18.4 Å². The largest absolute Gasteiger partial charge is 0.468 e. The van der Waals surface area contributed by atoms with Crippen molar-refractivity contribution in [1.82, 2.24) is 10.2 Å². The van der Waals surface area contributed by atoms with Gasteiger partial charge < -0.3 is 14.6 Å². The number of carbonyl (C=O) groups is 1. The van der Waals surface area contributed by atoms with E-state index in [1.807, 2.05) is 4.90 Å². The fraction of sp³-hybridized carbons (Fsp3) is 0.261. The van der Waals surface area contributed by atoms with Crippen molar-refractivity contribution in [3.8, 4) is 0 Å². The fourth-order valence-electron chi connectivity index (χ4n) is 3.87. The predicted molar refractivity (Wildman–Crippen MR) is 110 cm³/mol. The lowest BCUT2D eigenvalue weighted by molar-refractivity contribution is 0.0914. The second-order valence-electron chi connectivity index (χ2n) is 7.31. The van der Waals surface area contributed by atoms with Gasteiger partial charge >= 0.3 is 0 Å². The van der Waals surface area contributed by atoms with Crippen LogP contribution < -0.4 is 10.2 Å². The number of carbonyl (C=O) groups excluding carboxylic acids is 1. The second kappa shape index (κ2) is 9.26. The Labute approximate surface area is 178 Å². The highest BCUT2D eigenvalue weighted by molar-refractivity contribution is 5.94. The number of amides is 1. The van der Waals surface area contributed by atoms with E-state index >= 15 is 0 Å². The monoisotopic (exact) mass is 429 g/mol. The summed E-state index contributed by atoms with van der Waals surface area (Å²) in [6.45, 7) is 2.50. The maximum absolute atomic E-state index is 14.1. The number of halogens is 3. The number of anilines is 1. The molecule has 162 valence electrons. The van der Waals surface area contributed by atoms with Crippen LogP contribution in [0.1, 0.15) is 22.2 Å². The van der Waals surface area contributed by atoms with Gasteiger partial charge in [0, 0.05) is 32.7 Å². The van der Waals surface area contributed by atoms with Crippen LogP contribution in [-0.4, -0.2) is 43.5 Å². The molecule has 1 aromatic heterocycles. The Morgan fingerprint density at radius 1 is 0.903 bits per heavy atom. The van der Waals surface area contributed by atoms with Crippen LogP contribution >= 0.6 is 0 Å². The zero-order chi connectivity index (χ0) is 21.8. The third-order valence-corrected chi connectivity index (χ3v) is 5.47. The van der Waals surface area contributed by atoms with Crippen molar-refractivity contribution >= 4 is 11.6 Å². The summed E-state index contributed by atoms with van der Waals surface area (Å²) < 4.78 is 47.5. The molecular weight excluding hydrogens is 407 g/mol. The third-order valence-electron chi connectivity index (χ3n) is 5.47. The summed E-state index contributed by atoms with van der Waals surface area (Å²) >= 11 is 0. The summed E-state index contributed by atoms with van der Waals surface area (Å²) in [4.78, 5) is 16.5. The lowest BCUT2D eigenvalue weighted by Gasteiger charge is -2.39. The lowest BCUT2D eigenvalue weighted by Crippen LogP contribution is -2.50. The van der Waals surface area contributed by atoms with Crippen molar-refractivity contribution < 1.29 is 22.4 Å². The van der Waals surface area contributed by atoms with Gasteiger partial charge in [-0.3, -0.25) is 9.69 Å². The van der Waals surface area contributed by atoms with Crippen LogP contribution in [0, 0.1) is 17.5 Å². The van der Waals surface area contributed by atoms with Gasteiger partial charge in [-0.05, 0) is 36.4 Å². The zero-order valence-electron chi connectivity index (χ0n) is 16.7. The first-order valence-corrected chi connectivity index (χ1v) is 10.0. The normalized spacial score (nSPS) is 15.6. The number of nitrogens with one attached hydrogen (secondary N) is 1. The lowest BCUT2D eigenvalue weighted by atomic mass is 10.1. The van der Waals surface area contributed by atoms with Crippen LogP contribution in [0.25, 0.3) is 0 Å². The highest BCUT2D eigenvalue weighted by atomic mass is 19.1. The number of benzene rings is 2. The Balaban J connectivity index is 1.45. The Morgan fingerprint density at radius 2 is 1.58 bits per heavy atom. The van der Waals surface area contributed by atoms with Crippen molar-refractivity contribution in [2.75, 3.05) is 37.6 Å². The van der Waals surface area contributed by atoms with Crippen LogP contribution in [0.2, 0.25) is 0 Å². The maximum atomic E-state index is 14.1. The SMILES string of the molecule is O=C(NCC(c1ccco1)N1CCN(c2ccccc2F)CC1)c1c(F)cccc1F. The highest BCUT2D eigenvalue weighted by Gasteiger charge is 2.29. The van der Waals surface area contributed by atoms with Gasteiger partial charge in [0.05, 0.1) is 18.0 Å². The van der Waals surface area contributed by atoms with Gasteiger partial charge in [0.1, 0.15) is 28.8 Å². The van der Waals surface area contributed by atoms with E-state index in [1.165, 1.54) is 18.4 Å². The van der Waals surface area contributed by atoms with E-state index in [0.717, 1.165) is 12.1 Å². The number of furan rings is 1. The van der Waals surface area contributed by atoms with E-state index in [9.17, 15) is 18.0 Å². The first-order valence-electron chi connectivity index (χ1n) is 10.0. The molecule has 5 nitrogen and oxygen atoms in total. The van der Waals surface area contributed by atoms with Gasteiger partial charge in [-0.15, -0.1) is 0 Å². The maximum Gasteiger partial charge on any atom is 0.257 e. The molecule has 3 aromatic rings. The Bertz CT molecular complexity index is 1010. The Hall–Kier alpha value is -3.26. The van der Waals surface area contributed by atoms with Crippen LogP contribution in [0.4, 0.5) is 18.9 Å². The topological polar surface area (TPSA) is 48.7 Å². The molecule has 8 heteroatoms. The van der Waals surface area contributed by atoms with Gasteiger partial charge in [0.2, 0.25) is 0 Å². The minimum atomic E-state index is -0.912. The van der Waals surface area contributed by atoms with Gasteiger partial charge in [-0.2, -0.15) is 0 Å². The van der Waals surface area contributed by atoms with Crippen LogP contribution in [0.3, 0.4) is 0 Å². The summed E-state index contributed by atoms with van der Waals surface area (Å²) in [5, 5.41) is 2.62. The second-order valence-corrected chi connectivity index (χ2v) is 7.31. The molecule has 1 fully saturated rings. The van der Waals surface area contributed by atoms with E-state index < -0.39 is 23.1 Å². The molecule has 1 N–H and O–H groups in total. The minimum Gasteiger partial charge on any atom is -0.468 e. The van der Waals surface area contributed by atoms with Crippen molar-refractivity contribution in [3.05, 3.63) is 89.6 Å². The van der Waals surface area contributed by atoms with Gasteiger partial charge in [0.15, 0.2) is 0 Å². The number of hydrogen-bond acceptors (Lipinski definition) is 4. The van der Waals surface area contributed by atoms with Gasteiger partial charge in [0.25, 0.3) is 5.91 Å². The van der Waals surface area contributed by atoms with E-state index in [1.54, 1.807) is 30.3 Å². The third kappa shape index (κ3) is 4.59. The van der Waals surface area contributed by atoms with Crippen LogP contribution in [-0.2, 0) is 0 Å². The number of para-hydroxylation sites is 1. The van der Waals surface area contributed by atoms with Gasteiger partial charge in [-0.1, -0.05) is 18.2 Å². The molecule has 0 spiro atoms. The number of piperazine rings is 1. The van der Waals surface area contributed by atoms with Crippen LogP contribution in [0.15, 0.2) is 65.3 Å². The molecule has 1 aliphatic heterocycles. The molecule has 1 aliphatic rings. The molecule has 4 rings (SSSR count). The molecule has 0 aliphatic carbocycles. The van der Waals surface area contributed by atoms with Crippen molar-refractivity contribution in [1.29, 1.82) is 0 Å². The zero-order valence-corrected chi connectivity index (χ0v) is 16.7. The van der Waals surface area contributed by atoms with E-state index in [2.05, 4.69) is 10.2 Å². The molecule has 2 aromatic carbocycles. The molecular formula is C23H22F3N3O2. The number of nitrogens with zero attached hydrogens (tertiary/aromatic N) is 2. The van der Waals surface area contributed by atoms with Crippen molar-refractivity contribution in [2.45, 2.75) is 6.04 Å².